The topological polar surface area (TPSA) is 77.9 Å². The molecule has 3 aliphatic heterocycles. The Morgan fingerprint density at radius 1 is 1.26 bits per heavy atom. The number of nitrogens with zero attached hydrogens (tertiary/aromatic N) is 4. The first-order chi connectivity index (χ1) is 13.0. The zero-order valence-electron chi connectivity index (χ0n) is 15.5. The second-order valence-corrected chi connectivity index (χ2v) is 8.04. The third-order valence-corrected chi connectivity index (χ3v) is 5.75. The van der Waals surface area contributed by atoms with E-state index in [1.807, 2.05) is 20.2 Å². The molecule has 0 bridgehead atoms. The molecule has 0 aromatic carbocycles. The van der Waals surface area contributed by atoms with Crippen LogP contribution in [0.5, 0.6) is 0 Å². The molecule has 4 heterocycles. The Balaban J connectivity index is 1.58. The molecule has 0 spiro atoms. The van der Waals surface area contributed by atoms with Crippen molar-refractivity contribution in [2.45, 2.75) is 75.9 Å². The lowest BCUT2D eigenvalue weighted by molar-refractivity contribution is -0.195. The smallest absolute Gasteiger partial charge is 0.285 e. The summed E-state index contributed by atoms with van der Waals surface area (Å²) in [5.74, 6) is 2.76. The van der Waals surface area contributed by atoms with Gasteiger partial charge < -0.3 is 14.2 Å². The number of aromatic nitrogens is 2. The molecule has 1 N–H and O–H groups in total. The van der Waals surface area contributed by atoms with Gasteiger partial charge in [0.25, 0.3) is 12.0 Å². The summed E-state index contributed by atoms with van der Waals surface area (Å²) in [5, 5.41) is 0. The molecule has 8 heteroatoms. The molecular formula is C19H24N5O3+. The molecule has 5 atom stereocenters. The Kier molecular flexibility index (Phi) is 3.86. The zero-order chi connectivity index (χ0) is 18.6. The highest BCUT2D eigenvalue weighted by Crippen LogP contribution is 2.45. The molecular weight excluding hydrogens is 346 g/mol. The maximum atomic E-state index is 6.30. The maximum Gasteiger partial charge on any atom is 0.285 e. The van der Waals surface area contributed by atoms with Crippen molar-refractivity contribution in [2.75, 3.05) is 0 Å². The molecule has 0 amide bonds. The van der Waals surface area contributed by atoms with Gasteiger partial charge in [0.2, 0.25) is 6.34 Å². The molecule has 27 heavy (non-hydrogen) atoms. The van der Waals surface area contributed by atoms with E-state index in [-0.39, 0.29) is 16.8 Å². The second kappa shape index (κ2) is 6.06. The minimum absolute atomic E-state index is 0.154. The van der Waals surface area contributed by atoms with E-state index in [1.54, 1.807) is 6.20 Å². The Morgan fingerprint density at radius 3 is 2.81 bits per heavy atom. The Hall–Kier alpha value is -1.89. The van der Waals surface area contributed by atoms with Gasteiger partial charge in [-0.15, -0.1) is 16.4 Å². The third kappa shape index (κ3) is 2.62. The first kappa shape index (κ1) is 17.2. The number of quaternary nitrogens is 1. The van der Waals surface area contributed by atoms with Crippen LogP contribution >= 0.6 is 0 Å². The first-order valence-electron chi connectivity index (χ1n) is 9.52. The number of hydrogen-bond donors (Lipinski definition) is 1. The van der Waals surface area contributed by atoms with E-state index in [9.17, 15) is 0 Å². The highest BCUT2D eigenvalue weighted by molar-refractivity contribution is 5.86. The highest BCUT2D eigenvalue weighted by atomic mass is 16.8. The monoisotopic (exact) mass is 370 g/mol. The van der Waals surface area contributed by atoms with Gasteiger partial charge >= 0.3 is 0 Å². The number of nitrogens with one attached hydrogen (secondary N) is 1. The fourth-order valence-corrected chi connectivity index (χ4v) is 4.65. The van der Waals surface area contributed by atoms with E-state index in [4.69, 9.17) is 20.6 Å². The molecule has 3 fully saturated rings. The molecule has 0 radical (unpaired) electrons. The van der Waals surface area contributed by atoms with Gasteiger partial charge in [-0.2, -0.15) is 9.98 Å². The molecule has 1 aromatic heterocycles. The third-order valence-electron chi connectivity index (χ3n) is 5.75. The fourth-order valence-electron chi connectivity index (χ4n) is 4.65. The van der Waals surface area contributed by atoms with E-state index < -0.39 is 18.1 Å². The Bertz CT molecular complexity index is 816. The molecule has 2 saturated heterocycles. The van der Waals surface area contributed by atoms with Crippen LogP contribution in [0.25, 0.3) is 0 Å². The average molecular weight is 370 g/mol. The van der Waals surface area contributed by atoms with E-state index in [0.717, 1.165) is 24.3 Å². The van der Waals surface area contributed by atoms with E-state index in [1.165, 1.54) is 19.2 Å². The number of hydrogen-bond acceptors (Lipinski definition) is 7. The van der Waals surface area contributed by atoms with Crippen molar-refractivity contribution in [3.63, 3.8) is 0 Å². The van der Waals surface area contributed by atoms with Crippen molar-refractivity contribution in [1.82, 2.24) is 20.0 Å². The SMILES string of the molecule is C#C[C@H]1O[C@H]([N+]2(NC3CCCC3)C=Nc3cncnc32)[C@@H]2OC(C)(C)O[C@@H]21. The van der Waals surface area contributed by atoms with Gasteiger partial charge in [-0.25, -0.2) is 4.98 Å². The van der Waals surface area contributed by atoms with Crippen molar-refractivity contribution >= 4 is 17.8 Å². The average Bonchev–Trinajstić information content (AvgIpc) is 3.39. The van der Waals surface area contributed by atoms with E-state index in [2.05, 4.69) is 26.3 Å². The van der Waals surface area contributed by atoms with Crippen molar-refractivity contribution in [2.24, 2.45) is 4.99 Å². The van der Waals surface area contributed by atoms with Crippen LogP contribution in [-0.2, 0) is 14.2 Å². The Labute approximate surface area is 158 Å². The molecule has 1 aromatic rings. The lowest BCUT2D eigenvalue weighted by atomic mass is 10.1. The van der Waals surface area contributed by atoms with Gasteiger partial charge in [0.05, 0.1) is 12.2 Å². The minimum atomic E-state index is -0.713. The van der Waals surface area contributed by atoms with E-state index >= 15 is 0 Å². The van der Waals surface area contributed by atoms with Crippen LogP contribution in [0.4, 0.5) is 11.5 Å². The predicted molar refractivity (Wildman–Crippen MR) is 98.7 cm³/mol. The summed E-state index contributed by atoms with van der Waals surface area (Å²) in [6.07, 6.45) is 13.9. The lowest BCUT2D eigenvalue weighted by Crippen LogP contribution is -2.69. The van der Waals surface area contributed by atoms with Gasteiger partial charge in [-0.05, 0) is 26.7 Å². The molecule has 4 aliphatic rings. The van der Waals surface area contributed by atoms with Crippen molar-refractivity contribution < 1.29 is 14.2 Å². The zero-order valence-corrected chi connectivity index (χ0v) is 15.5. The summed E-state index contributed by atoms with van der Waals surface area (Å²) < 4.78 is 18.7. The van der Waals surface area contributed by atoms with E-state index in [0.29, 0.717) is 6.04 Å². The predicted octanol–water partition coefficient (Wildman–Crippen LogP) is 1.78. The van der Waals surface area contributed by atoms with Gasteiger partial charge in [0, 0.05) is 0 Å². The van der Waals surface area contributed by atoms with Gasteiger partial charge in [0.15, 0.2) is 23.7 Å². The van der Waals surface area contributed by atoms with Gasteiger partial charge in [-0.1, -0.05) is 18.8 Å². The second-order valence-electron chi connectivity index (χ2n) is 8.04. The van der Waals surface area contributed by atoms with Crippen LogP contribution in [0.15, 0.2) is 17.5 Å². The Morgan fingerprint density at radius 2 is 2.04 bits per heavy atom. The largest absolute Gasteiger partial charge is 0.340 e. The van der Waals surface area contributed by atoms with Crippen LogP contribution < -0.4 is 10.0 Å². The summed E-state index contributed by atoms with van der Waals surface area (Å²) in [4.78, 5) is 13.2. The normalized spacial score (nSPS) is 39.4. The molecule has 1 unspecified atom stereocenters. The summed E-state index contributed by atoms with van der Waals surface area (Å²) in [5.41, 5.74) is 4.47. The highest BCUT2D eigenvalue weighted by Gasteiger charge is 2.65. The summed E-state index contributed by atoms with van der Waals surface area (Å²) in [7, 11) is 0. The van der Waals surface area contributed by atoms with Crippen molar-refractivity contribution in [3.05, 3.63) is 12.5 Å². The molecule has 142 valence electrons. The van der Waals surface area contributed by atoms with Gasteiger partial charge in [0.1, 0.15) is 12.4 Å². The molecule has 1 saturated carbocycles. The minimum Gasteiger partial charge on any atom is -0.340 e. The molecule has 1 aliphatic carbocycles. The number of fused-ring (bicyclic) bond motifs is 2. The molecule has 5 rings (SSSR count). The number of rotatable bonds is 3. The fraction of sp³-hybridized carbons (Fsp3) is 0.632. The summed E-state index contributed by atoms with van der Waals surface area (Å²) in [6, 6.07) is 0.347. The van der Waals surface area contributed by atoms with Gasteiger partial charge in [-0.3, -0.25) is 0 Å². The maximum absolute atomic E-state index is 6.30. The molecule has 8 nitrogen and oxygen atoms in total. The first-order valence-corrected chi connectivity index (χ1v) is 9.52. The van der Waals surface area contributed by atoms with Crippen LogP contribution in [0.3, 0.4) is 0 Å². The number of ether oxygens (including phenoxy) is 3. The summed E-state index contributed by atoms with van der Waals surface area (Å²) in [6.45, 7) is 3.80. The van der Waals surface area contributed by atoms with Crippen molar-refractivity contribution in [1.29, 1.82) is 0 Å². The lowest BCUT2D eigenvalue weighted by Gasteiger charge is -2.37. The van der Waals surface area contributed by atoms with Crippen molar-refractivity contribution in [3.8, 4) is 12.3 Å². The van der Waals surface area contributed by atoms with Crippen LogP contribution in [-0.4, -0.2) is 52.7 Å². The summed E-state index contributed by atoms with van der Waals surface area (Å²) >= 11 is 0. The van der Waals surface area contributed by atoms with Crippen LogP contribution in [0.2, 0.25) is 0 Å². The number of aliphatic imine (C=N–C) groups is 1. The quantitative estimate of drug-likeness (QED) is 0.646. The number of terminal acetylenes is 1. The van der Waals surface area contributed by atoms with Crippen LogP contribution in [0, 0.1) is 12.3 Å². The van der Waals surface area contributed by atoms with Crippen LogP contribution in [0.1, 0.15) is 39.5 Å². The standard InChI is InChI=1S/C19H24N5O3/c1-4-14-15-16(27-19(2,3)26-15)18(25-14)24(23-12-7-5-6-8-12)11-22-13-9-20-10-21-17(13)24/h1,9-12,14-16,18,23H,5-8H2,2-3H3/q+1/t14-,15-,16-,18+,24?/m1/s1.